The molecule has 0 N–H and O–H groups in total. The molecule has 0 fully saturated rings. The normalized spacial score (nSPS) is 10.9. The van der Waals surface area contributed by atoms with Gasteiger partial charge in [0.05, 0.1) is 0 Å². The van der Waals surface area contributed by atoms with E-state index in [9.17, 15) is 0 Å². The van der Waals surface area contributed by atoms with E-state index in [-0.39, 0.29) is 0 Å². The Morgan fingerprint density at radius 2 is 2.00 bits per heavy atom. The zero-order chi connectivity index (χ0) is 8.72. The van der Waals surface area contributed by atoms with Gasteiger partial charge in [-0.3, -0.25) is 0 Å². The lowest BCUT2D eigenvalue weighted by Crippen LogP contribution is -1.88. The third-order valence-electron chi connectivity index (χ3n) is 2.24. The molecule has 1 aromatic heterocycles. The molecular formula is C10H10ClN. The van der Waals surface area contributed by atoms with Crippen LogP contribution in [0.1, 0.15) is 5.69 Å². The number of benzene rings is 1. The first kappa shape index (κ1) is 7.69. The van der Waals surface area contributed by atoms with Crippen LogP contribution in [-0.2, 0) is 7.05 Å². The second-order valence-electron chi connectivity index (χ2n) is 3.05. The third-order valence-corrected chi connectivity index (χ3v) is 2.48. The Morgan fingerprint density at radius 1 is 1.25 bits per heavy atom. The largest absolute Gasteiger partial charge is 0.348 e. The number of aryl methyl sites for hydroxylation is 2. The first-order valence-electron chi connectivity index (χ1n) is 3.90. The highest BCUT2D eigenvalue weighted by Gasteiger charge is 2.01. The van der Waals surface area contributed by atoms with Crippen LogP contribution in [0.5, 0.6) is 0 Å². The van der Waals surface area contributed by atoms with Crippen molar-refractivity contribution in [1.29, 1.82) is 0 Å². The molecule has 1 heterocycles. The van der Waals surface area contributed by atoms with Crippen molar-refractivity contribution in [3.8, 4) is 0 Å². The standard InChI is InChI=1S/C10H10ClN/c1-7-5-8-6-9(11)3-4-10(8)12(7)2/h3-6H,1-2H3. The van der Waals surface area contributed by atoms with E-state index in [0.29, 0.717) is 0 Å². The molecule has 0 radical (unpaired) electrons. The molecule has 0 unspecified atom stereocenters. The van der Waals surface area contributed by atoms with Crippen LogP contribution < -0.4 is 0 Å². The van der Waals surface area contributed by atoms with Crippen LogP contribution >= 0.6 is 11.6 Å². The van der Waals surface area contributed by atoms with E-state index in [1.165, 1.54) is 16.6 Å². The molecule has 0 aliphatic heterocycles. The van der Waals surface area contributed by atoms with Gasteiger partial charge in [0.25, 0.3) is 0 Å². The highest BCUT2D eigenvalue weighted by atomic mass is 35.5. The second kappa shape index (κ2) is 2.53. The van der Waals surface area contributed by atoms with Crippen molar-refractivity contribution in [3.05, 3.63) is 35.0 Å². The maximum atomic E-state index is 5.87. The topological polar surface area (TPSA) is 4.93 Å². The molecule has 0 spiro atoms. The van der Waals surface area contributed by atoms with E-state index in [0.717, 1.165) is 5.02 Å². The lowest BCUT2D eigenvalue weighted by molar-refractivity contribution is 0.918. The molecule has 2 rings (SSSR count). The molecule has 2 aromatic rings. The van der Waals surface area contributed by atoms with Gasteiger partial charge in [-0.2, -0.15) is 0 Å². The van der Waals surface area contributed by atoms with E-state index < -0.39 is 0 Å². The number of nitrogens with zero attached hydrogens (tertiary/aromatic N) is 1. The van der Waals surface area contributed by atoms with Crippen LogP contribution in [0.3, 0.4) is 0 Å². The van der Waals surface area contributed by atoms with Gasteiger partial charge >= 0.3 is 0 Å². The Kier molecular flexibility index (Phi) is 1.62. The van der Waals surface area contributed by atoms with Crippen molar-refractivity contribution in [2.24, 2.45) is 7.05 Å². The molecule has 0 aliphatic carbocycles. The average Bonchev–Trinajstić information content (AvgIpc) is 2.28. The molecule has 2 heteroatoms. The van der Waals surface area contributed by atoms with Gasteiger partial charge in [0, 0.05) is 28.7 Å². The smallest absolute Gasteiger partial charge is 0.0480 e. The maximum Gasteiger partial charge on any atom is 0.0480 e. The summed E-state index contributed by atoms with van der Waals surface area (Å²) in [4.78, 5) is 0. The van der Waals surface area contributed by atoms with Crippen molar-refractivity contribution >= 4 is 22.5 Å². The summed E-state index contributed by atoms with van der Waals surface area (Å²) in [6, 6.07) is 8.10. The van der Waals surface area contributed by atoms with Crippen molar-refractivity contribution in [3.63, 3.8) is 0 Å². The predicted octanol–water partition coefficient (Wildman–Crippen LogP) is 3.14. The Morgan fingerprint density at radius 3 is 2.75 bits per heavy atom. The van der Waals surface area contributed by atoms with Crippen molar-refractivity contribution in [1.82, 2.24) is 4.57 Å². The molecule has 62 valence electrons. The maximum absolute atomic E-state index is 5.87. The van der Waals surface area contributed by atoms with E-state index in [2.05, 4.69) is 24.6 Å². The highest BCUT2D eigenvalue weighted by molar-refractivity contribution is 6.31. The van der Waals surface area contributed by atoms with Gasteiger partial charge in [0.2, 0.25) is 0 Å². The van der Waals surface area contributed by atoms with Crippen LogP contribution in [0.4, 0.5) is 0 Å². The lowest BCUT2D eigenvalue weighted by atomic mass is 10.2. The van der Waals surface area contributed by atoms with Crippen LogP contribution in [0.15, 0.2) is 24.3 Å². The van der Waals surface area contributed by atoms with Gasteiger partial charge in [-0.1, -0.05) is 11.6 Å². The SMILES string of the molecule is Cc1cc2cc(Cl)ccc2n1C. The van der Waals surface area contributed by atoms with Crippen molar-refractivity contribution in [2.75, 3.05) is 0 Å². The van der Waals surface area contributed by atoms with E-state index in [1.807, 2.05) is 18.2 Å². The first-order valence-corrected chi connectivity index (χ1v) is 4.28. The number of hydrogen-bond donors (Lipinski definition) is 0. The van der Waals surface area contributed by atoms with Crippen molar-refractivity contribution in [2.45, 2.75) is 6.92 Å². The second-order valence-corrected chi connectivity index (χ2v) is 3.48. The van der Waals surface area contributed by atoms with Gasteiger partial charge < -0.3 is 4.57 Å². The predicted molar refractivity (Wildman–Crippen MR) is 52.7 cm³/mol. The van der Waals surface area contributed by atoms with Crippen LogP contribution in [0, 0.1) is 6.92 Å². The molecule has 0 saturated heterocycles. The van der Waals surface area contributed by atoms with Gasteiger partial charge in [0.1, 0.15) is 0 Å². The van der Waals surface area contributed by atoms with Crippen LogP contribution in [0.25, 0.3) is 10.9 Å². The lowest BCUT2D eigenvalue weighted by Gasteiger charge is -1.97. The molecule has 0 bridgehead atoms. The first-order chi connectivity index (χ1) is 5.68. The van der Waals surface area contributed by atoms with E-state index in [4.69, 9.17) is 11.6 Å². The summed E-state index contributed by atoms with van der Waals surface area (Å²) in [7, 11) is 2.06. The molecular weight excluding hydrogens is 170 g/mol. The Balaban J connectivity index is 2.87. The van der Waals surface area contributed by atoms with E-state index in [1.54, 1.807) is 0 Å². The molecule has 0 atom stereocenters. The third kappa shape index (κ3) is 1.01. The quantitative estimate of drug-likeness (QED) is 0.586. The molecule has 1 nitrogen and oxygen atoms in total. The summed E-state index contributed by atoms with van der Waals surface area (Å²) < 4.78 is 2.16. The molecule has 12 heavy (non-hydrogen) atoms. The molecule has 0 saturated carbocycles. The fourth-order valence-corrected chi connectivity index (χ4v) is 1.64. The molecule has 1 aromatic carbocycles. The summed E-state index contributed by atoms with van der Waals surface area (Å²) in [6.07, 6.45) is 0. The number of rotatable bonds is 0. The zero-order valence-electron chi connectivity index (χ0n) is 7.13. The minimum Gasteiger partial charge on any atom is -0.348 e. The molecule has 0 amide bonds. The van der Waals surface area contributed by atoms with Gasteiger partial charge in [-0.05, 0) is 31.2 Å². The summed E-state index contributed by atoms with van der Waals surface area (Å²) in [5, 5.41) is 2.01. The zero-order valence-corrected chi connectivity index (χ0v) is 7.89. The Bertz CT molecular complexity index is 429. The van der Waals surface area contributed by atoms with Crippen molar-refractivity contribution < 1.29 is 0 Å². The summed E-state index contributed by atoms with van der Waals surface area (Å²) >= 11 is 5.87. The fourth-order valence-electron chi connectivity index (χ4n) is 1.46. The molecule has 0 aliphatic rings. The summed E-state index contributed by atoms with van der Waals surface area (Å²) in [5.74, 6) is 0. The minimum atomic E-state index is 0.799. The monoisotopic (exact) mass is 179 g/mol. The summed E-state index contributed by atoms with van der Waals surface area (Å²) in [5.41, 5.74) is 2.49. The number of aromatic nitrogens is 1. The van der Waals surface area contributed by atoms with Gasteiger partial charge in [-0.25, -0.2) is 0 Å². The number of hydrogen-bond acceptors (Lipinski definition) is 0. The van der Waals surface area contributed by atoms with Crippen LogP contribution in [-0.4, -0.2) is 4.57 Å². The number of halogens is 1. The Hall–Kier alpha value is -0.950. The summed E-state index contributed by atoms with van der Waals surface area (Å²) in [6.45, 7) is 2.09. The van der Waals surface area contributed by atoms with Gasteiger partial charge in [-0.15, -0.1) is 0 Å². The number of fused-ring (bicyclic) bond motifs is 1. The average molecular weight is 180 g/mol. The highest BCUT2D eigenvalue weighted by Crippen LogP contribution is 2.21. The van der Waals surface area contributed by atoms with E-state index >= 15 is 0 Å². The van der Waals surface area contributed by atoms with Crippen LogP contribution in [0.2, 0.25) is 5.02 Å². The van der Waals surface area contributed by atoms with Gasteiger partial charge in [0.15, 0.2) is 0 Å². The minimum absolute atomic E-state index is 0.799. The Labute approximate surface area is 76.6 Å². The fraction of sp³-hybridized carbons (Fsp3) is 0.200.